The maximum atomic E-state index is 12.7. The Balaban J connectivity index is 1.69. The Morgan fingerprint density at radius 2 is 1.07 bits per heavy atom. The zero-order valence-electron chi connectivity index (χ0n) is 13.9. The highest BCUT2D eigenvalue weighted by Crippen LogP contribution is 2.24. The lowest BCUT2D eigenvalue weighted by Gasteiger charge is -2.09. The van der Waals surface area contributed by atoms with Crippen LogP contribution in [0.15, 0.2) is 72.8 Å². The summed E-state index contributed by atoms with van der Waals surface area (Å²) in [5.74, 6) is -1.29. The molecule has 0 saturated carbocycles. The highest BCUT2D eigenvalue weighted by atomic mass is 127. The standard InChI is InChI=1S/C22H12I2O3/c23-15-7-9-17-13(11-15)3-1-5-19(17)21(25)27-22(26)20-6-2-4-14-12-16(24)8-10-18(14)20/h1-12H. The molecule has 27 heavy (non-hydrogen) atoms. The van der Waals surface area contributed by atoms with Gasteiger partial charge in [0.25, 0.3) is 0 Å². The Bertz CT molecular complexity index is 1120. The molecule has 0 N–H and O–H groups in total. The summed E-state index contributed by atoms with van der Waals surface area (Å²) in [7, 11) is 0. The summed E-state index contributed by atoms with van der Waals surface area (Å²) >= 11 is 4.45. The van der Waals surface area contributed by atoms with Crippen LogP contribution in [-0.2, 0) is 4.74 Å². The summed E-state index contributed by atoms with van der Waals surface area (Å²) in [6.45, 7) is 0. The first-order valence-electron chi connectivity index (χ1n) is 8.16. The van der Waals surface area contributed by atoms with E-state index in [9.17, 15) is 9.59 Å². The molecule has 4 aromatic carbocycles. The summed E-state index contributed by atoms with van der Waals surface area (Å²) in [4.78, 5) is 25.3. The molecule has 0 bridgehead atoms. The number of fused-ring (bicyclic) bond motifs is 2. The van der Waals surface area contributed by atoms with Crippen LogP contribution in [0.3, 0.4) is 0 Å². The van der Waals surface area contributed by atoms with E-state index in [0.29, 0.717) is 11.1 Å². The quantitative estimate of drug-likeness (QED) is 0.162. The maximum absolute atomic E-state index is 12.7. The maximum Gasteiger partial charge on any atom is 0.346 e. The summed E-state index contributed by atoms with van der Waals surface area (Å²) in [6.07, 6.45) is 0. The first kappa shape index (κ1) is 18.4. The van der Waals surface area contributed by atoms with E-state index in [2.05, 4.69) is 45.2 Å². The van der Waals surface area contributed by atoms with Gasteiger partial charge in [0, 0.05) is 7.14 Å². The van der Waals surface area contributed by atoms with Crippen molar-refractivity contribution < 1.29 is 14.3 Å². The molecule has 0 amide bonds. The molecule has 5 heteroatoms. The van der Waals surface area contributed by atoms with Gasteiger partial charge in [-0.15, -0.1) is 0 Å². The van der Waals surface area contributed by atoms with Gasteiger partial charge in [-0.25, -0.2) is 9.59 Å². The number of ether oxygens (including phenoxy) is 1. The predicted octanol–water partition coefficient (Wildman–Crippen LogP) is 6.20. The number of halogens is 2. The normalized spacial score (nSPS) is 10.9. The SMILES string of the molecule is O=C(OC(=O)c1cccc2cc(I)ccc12)c1cccc2cc(I)ccc12. The molecule has 4 aromatic rings. The number of rotatable bonds is 2. The zero-order chi connectivity index (χ0) is 19.0. The Morgan fingerprint density at radius 3 is 1.52 bits per heavy atom. The second-order valence-electron chi connectivity index (χ2n) is 6.02. The fourth-order valence-corrected chi connectivity index (χ4v) is 4.09. The second-order valence-corrected chi connectivity index (χ2v) is 8.51. The molecule has 132 valence electrons. The lowest BCUT2D eigenvalue weighted by atomic mass is 10.0. The second kappa shape index (κ2) is 7.55. The van der Waals surface area contributed by atoms with Crippen LogP contribution < -0.4 is 0 Å². The fourth-order valence-electron chi connectivity index (χ4n) is 3.06. The van der Waals surface area contributed by atoms with E-state index in [1.807, 2.05) is 48.5 Å². The lowest BCUT2D eigenvalue weighted by Crippen LogP contribution is -2.13. The fraction of sp³-hybridized carbons (Fsp3) is 0. The minimum absolute atomic E-state index is 0.382. The Hall–Kier alpha value is -2.00. The van der Waals surface area contributed by atoms with Crippen molar-refractivity contribution in [3.8, 4) is 0 Å². The van der Waals surface area contributed by atoms with E-state index >= 15 is 0 Å². The van der Waals surface area contributed by atoms with E-state index in [4.69, 9.17) is 4.74 Å². The topological polar surface area (TPSA) is 43.4 Å². The van der Waals surface area contributed by atoms with Gasteiger partial charge >= 0.3 is 11.9 Å². The van der Waals surface area contributed by atoms with E-state index in [1.165, 1.54) is 0 Å². The number of carbonyl (C=O) groups excluding carboxylic acids is 2. The average Bonchev–Trinajstić information content (AvgIpc) is 2.66. The molecule has 0 atom stereocenters. The van der Waals surface area contributed by atoms with Crippen molar-refractivity contribution in [2.75, 3.05) is 0 Å². The Labute approximate surface area is 183 Å². The highest BCUT2D eigenvalue weighted by Gasteiger charge is 2.19. The van der Waals surface area contributed by atoms with Gasteiger partial charge in [0.15, 0.2) is 0 Å². The van der Waals surface area contributed by atoms with Crippen LogP contribution in [0.5, 0.6) is 0 Å². The van der Waals surface area contributed by atoms with Crippen LogP contribution in [-0.4, -0.2) is 11.9 Å². The van der Waals surface area contributed by atoms with Gasteiger partial charge in [-0.2, -0.15) is 0 Å². The third-order valence-corrected chi connectivity index (χ3v) is 5.65. The first-order chi connectivity index (χ1) is 13.0. The highest BCUT2D eigenvalue weighted by molar-refractivity contribution is 14.1. The zero-order valence-corrected chi connectivity index (χ0v) is 18.2. The molecule has 0 radical (unpaired) electrons. The van der Waals surface area contributed by atoms with Crippen molar-refractivity contribution in [1.29, 1.82) is 0 Å². The van der Waals surface area contributed by atoms with Crippen molar-refractivity contribution in [2.45, 2.75) is 0 Å². The molecule has 0 spiro atoms. The minimum atomic E-state index is -0.644. The molecule has 0 aliphatic rings. The van der Waals surface area contributed by atoms with Crippen LogP contribution in [0.4, 0.5) is 0 Å². The van der Waals surface area contributed by atoms with Gasteiger partial charge in [-0.1, -0.05) is 36.4 Å². The number of carbonyl (C=O) groups is 2. The van der Waals surface area contributed by atoms with Crippen molar-refractivity contribution in [3.63, 3.8) is 0 Å². The molecule has 4 rings (SSSR count). The van der Waals surface area contributed by atoms with E-state index in [1.54, 1.807) is 24.3 Å². The molecule has 0 aromatic heterocycles. The molecular weight excluding hydrogens is 566 g/mol. The van der Waals surface area contributed by atoms with Crippen LogP contribution in [0.1, 0.15) is 20.7 Å². The third kappa shape index (κ3) is 3.70. The first-order valence-corrected chi connectivity index (χ1v) is 10.3. The van der Waals surface area contributed by atoms with Gasteiger partial charge in [-0.05, 0) is 103 Å². The van der Waals surface area contributed by atoms with Gasteiger partial charge in [0.1, 0.15) is 0 Å². The molecule has 0 unspecified atom stereocenters. The van der Waals surface area contributed by atoms with Crippen molar-refractivity contribution in [3.05, 3.63) is 91.1 Å². The molecule has 0 heterocycles. The average molecular weight is 578 g/mol. The Kier molecular flexibility index (Phi) is 5.14. The van der Waals surface area contributed by atoms with Crippen molar-refractivity contribution in [2.24, 2.45) is 0 Å². The number of esters is 2. The molecule has 0 saturated heterocycles. The number of benzene rings is 4. The molecule has 3 nitrogen and oxygen atoms in total. The summed E-state index contributed by atoms with van der Waals surface area (Å²) in [5.41, 5.74) is 0.763. The van der Waals surface area contributed by atoms with Gasteiger partial charge in [-0.3, -0.25) is 0 Å². The monoisotopic (exact) mass is 578 g/mol. The number of hydrogen-bond donors (Lipinski definition) is 0. The smallest absolute Gasteiger partial charge is 0.346 e. The molecular formula is C22H12I2O3. The van der Waals surface area contributed by atoms with E-state index in [0.717, 1.165) is 28.7 Å². The van der Waals surface area contributed by atoms with Crippen LogP contribution in [0, 0.1) is 7.14 Å². The van der Waals surface area contributed by atoms with Crippen LogP contribution >= 0.6 is 45.2 Å². The lowest BCUT2D eigenvalue weighted by molar-refractivity contribution is 0.0400. The Morgan fingerprint density at radius 1 is 0.630 bits per heavy atom. The molecule has 0 aliphatic carbocycles. The third-order valence-electron chi connectivity index (χ3n) is 4.31. The van der Waals surface area contributed by atoms with Gasteiger partial charge in [0.2, 0.25) is 0 Å². The molecule has 0 aliphatic heterocycles. The van der Waals surface area contributed by atoms with Gasteiger partial charge in [0.05, 0.1) is 11.1 Å². The van der Waals surface area contributed by atoms with E-state index < -0.39 is 11.9 Å². The van der Waals surface area contributed by atoms with Crippen LogP contribution in [0.2, 0.25) is 0 Å². The molecule has 0 fully saturated rings. The summed E-state index contributed by atoms with van der Waals surface area (Å²) in [5, 5.41) is 3.40. The summed E-state index contributed by atoms with van der Waals surface area (Å²) in [6, 6.07) is 22.4. The van der Waals surface area contributed by atoms with Crippen molar-refractivity contribution in [1.82, 2.24) is 0 Å². The van der Waals surface area contributed by atoms with E-state index in [-0.39, 0.29) is 0 Å². The largest absolute Gasteiger partial charge is 0.386 e. The predicted molar refractivity (Wildman–Crippen MR) is 123 cm³/mol. The van der Waals surface area contributed by atoms with Gasteiger partial charge < -0.3 is 4.74 Å². The van der Waals surface area contributed by atoms with Crippen molar-refractivity contribution >= 4 is 78.7 Å². The minimum Gasteiger partial charge on any atom is -0.386 e. The van der Waals surface area contributed by atoms with Crippen LogP contribution in [0.25, 0.3) is 21.5 Å². The number of hydrogen-bond acceptors (Lipinski definition) is 3. The summed E-state index contributed by atoms with van der Waals surface area (Å²) < 4.78 is 7.37.